The lowest BCUT2D eigenvalue weighted by molar-refractivity contribution is -0.137. The second-order valence-electron chi connectivity index (χ2n) is 6.26. The van der Waals surface area contributed by atoms with Crippen molar-refractivity contribution in [1.82, 2.24) is 9.88 Å². The van der Waals surface area contributed by atoms with Crippen LogP contribution in [0.25, 0.3) is 0 Å². The van der Waals surface area contributed by atoms with Gasteiger partial charge in [0, 0.05) is 46.6 Å². The summed E-state index contributed by atoms with van der Waals surface area (Å²) in [6.07, 6.45) is -1.04. The molecule has 1 atom stereocenters. The first-order valence-corrected chi connectivity index (χ1v) is 8.35. The van der Waals surface area contributed by atoms with Crippen LogP contribution < -0.4 is 4.90 Å². The number of hydrogen-bond donors (Lipinski definition) is 0. The fourth-order valence-electron chi connectivity index (χ4n) is 3.11. The van der Waals surface area contributed by atoms with Crippen LogP contribution in [0.5, 0.6) is 0 Å². The average molecular weight is 359 g/mol. The monoisotopic (exact) mass is 359 g/mol. The topological polar surface area (TPSA) is 45.7 Å². The number of amides is 1. The van der Waals surface area contributed by atoms with Crippen molar-refractivity contribution in [2.24, 2.45) is 5.92 Å². The van der Waals surface area contributed by atoms with Gasteiger partial charge >= 0.3 is 6.18 Å². The van der Waals surface area contributed by atoms with Gasteiger partial charge in [-0.15, -0.1) is 0 Å². The molecule has 0 spiro atoms. The third-order valence-corrected chi connectivity index (χ3v) is 4.38. The molecule has 0 N–H and O–H groups in total. The number of nitrogens with zero attached hydrogens (tertiary/aromatic N) is 3. The average Bonchev–Trinajstić information content (AvgIpc) is 2.60. The summed E-state index contributed by atoms with van der Waals surface area (Å²) in [6, 6.07) is 2.31. The number of methoxy groups -OCH3 is 1. The van der Waals surface area contributed by atoms with E-state index in [0.29, 0.717) is 32.5 Å². The van der Waals surface area contributed by atoms with Crippen molar-refractivity contribution in [3.8, 4) is 0 Å². The molecule has 1 aromatic heterocycles. The predicted octanol–water partition coefficient (Wildman–Crippen LogP) is 2.81. The number of hydrogen-bond acceptors (Lipinski definition) is 4. The molecule has 1 aromatic rings. The molecule has 1 saturated heterocycles. The maximum absolute atomic E-state index is 13.2. The summed E-state index contributed by atoms with van der Waals surface area (Å²) in [5.74, 6) is -0.441. The second kappa shape index (κ2) is 8.51. The number of aromatic nitrogens is 1. The number of carbonyl (C=O) groups is 1. The molecule has 140 valence electrons. The Morgan fingerprint density at radius 3 is 2.92 bits per heavy atom. The van der Waals surface area contributed by atoms with Gasteiger partial charge in [-0.1, -0.05) is 0 Å². The first-order chi connectivity index (χ1) is 11.8. The normalized spacial score (nSPS) is 18.3. The predicted molar refractivity (Wildman–Crippen MR) is 88.3 cm³/mol. The minimum atomic E-state index is -4.46. The number of anilines is 1. The zero-order valence-corrected chi connectivity index (χ0v) is 14.6. The molecule has 0 aromatic carbocycles. The number of halogens is 3. The molecule has 1 aliphatic heterocycles. The number of pyridine rings is 1. The Bertz CT molecular complexity index is 581. The zero-order valence-electron chi connectivity index (χ0n) is 14.6. The van der Waals surface area contributed by atoms with Gasteiger partial charge in [0.1, 0.15) is 5.82 Å². The molecule has 0 radical (unpaired) electrons. The van der Waals surface area contributed by atoms with Crippen LogP contribution in [0.2, 0.25) is 0 Å². The van der Waals surface area contributed by atoms with Crippen LogP contribution in [0.3, 0.4) is 0 Å². The Hall–Kier alpha value is -1.83. The molecule has 1 unspecified atom stereocenters. The Morgan fingerprint density at radius 1 is 1.48 bits per heavy atom. The van der Waals surface area contributed by atoms with Gasteiger partial charge in [-0.2, -0.15) is 13.2 Å². The first kappa shape index (κ1) is 19.5. The van der Waals surface area contributed by atoms with E-state index in [1.54, 1.807) is 24.0 Å². The third kappa shape index (κ3) is 5.07. The lowest BCUT2D eigenvalue weighted by atomic mass is 9.96. The van der Waals surface area contributed by atoms with Crippen molar-refractivity contribution >= 4 is 11.7 Å². The largest absolute Gasteiger partial charge is 0.419 e. The number of alkyl halides is 3. The molecular formula is C17H24F3N3O2. The van der Waals surface area contributed by atoms with E-state index < -0.39 is 11.7 Å². The van der Waals surface area contributed by atoms with E-state index in [2.05, 4.69) is 4.98 Å². The van der Waals surface area contributed by atoms with Gasteiger partial charge in [0.2, 0.25) is 5.91 Å². The Labute approximate surface area is 145 Å². The van der Waals surface area contributed by atoms with Crippen molar-refractivity contribution in [1.29, 1.82) is 0 Å². The minimum absolute atomic E-state index is 0.0368. The molecule has 5 nitrogen and oxygen atoms in total. The Morgan fingerprint density at radius 2 is 2.24 bits per heavy atom. The molecule has 25 heavy (non-hydrogen) atoms. The van der Waals surface area contributed by atoms with E-state index in [1.807, 2.05) is 0 Å². The van der Waals surface area contributed by atoms with Crippen LogP contribution in [0.15, 0.2) is 18.3 Å². The summed E-state index contributed by atoms with van der Waals surface area (Å²) in [4.78, 5) is 19.7. The number of ether oxygens (including phenoxy) is 1. The number of rotatable bonds is 6. The fourth-order valence-corrected chi connectivity index (χ4v) is 3.11. The van der Waals surface area contributed by atoms with Gasteiger partial charge < -0.3 is 14.5 Å². The summed E-state index contributed by atoms with van der Waals surface area (Å²) in [5.41, 5.74) is -0.753. The highest BCUT2D eigenvalue weighted by molar-refractivity contribution is 5.79. The van der Waals surface area contributed by atoms with Crippen LogP contribution in [-0.2, 0) is 15.7 Å². The van der Waals surface area contributed by atoms with E-state index >= 15 is 0 Å². The van der Waals surface area contributed by atoms with Gasteiger partial charge in [0.15, 0.2) is 0 Å². The standard InChI is InChI=1S/C17H24F3N3O2/c1-22(9-5-11-25-2)16(24)13-6-4-10-23(12-13)15-14(17(18,19)20)7-3-8-21-15/h3,7-8,13H,4-6,9-12H2,1-2H3. The lowest BCUT2D eigenvalue weighted by Crippen LogP contribution is -2.44. The molecule has 1 fully saturated rings. The molecule has 2 rings (SSSR count). The molecule has 1 amide bonds. The second-order valence-corrected chi connectivity index (χ2v) is 6.26. The lowest BCUT2D eigenvalue weighted by Gasteiger charge is -2.35. The molecule has 0 saturated carbocycles. The minimum Gasteiger partial charge on any atom is -0.385 e. The van der Waals surface area contributed by atoms with Gasteiger partial charge in [-0.3, -0.25) is 4.79 Å². The molecule has 8 heteroatoms. The highest BCUT2D eigenvalue weighted by Gasteiger charge is 2.37. The first-order valence-electron chi connectivity index (χ1n) is 8.35. The number of carbonyl (C=O) groups excluding carboxylic acids is 1. The van der Waals surface area contributed by atoms with Crippen molar-refractivity contribution in [3.05, 3.63) is 23.9 Å². The molecule has 0 aliphatic carbocycles. The summed E-state index contributed by atoms with van der Waals surface area (Å²) >= 11 is 0. The number of piperidine rings is 1. The highest BCUT2D eigenvalue weighted by Crippen LogP contribution is 2.36. The highest BCUT2D eigenvalue weighted by atomic mass is 19.4. The van der Waals surface area contributed by atoms with E-state index in [-0.39, 0.29) is 24.2 Å². The van der Waals surface area contributed by atoms with Crippen molar-refractivity contribution in [3.63, 3.8) is 0 Å². The van der Waals surface area contributed by atoms with Crippen molar-refractivity contribution < 1.29 is 22.7 Å². The molecular weight excluding hydrogens is 335 g/mol. The van der Waals surface area contributed by atoms with Crippen LogP contribution in [0.1, 0.15) is 24.8 Å². The zero-order chi connectivity index (χ0) is 18.4. The van der Waals surface area contributed by atoms with Gasteiger partial charge in [0.05, 0.1) is 11.5 Å². The van der Waals surface area contributed by atoms with Crippen molar-refractivity contribution in [2.75, 3.05) is 45.3 Å². The maximum atomic E-state index is 13.2. The maximum Gasteiger partial charge on any atom is 0.419 e. The van der Waals surface area contributed by atoms with Gasteiger partial charge in [-0.05, 0) is 31.4 Å². The Kier molecular flexibility index (Phi) is 6.64. The quantitative estimate of drug-likeness (QED) is 0.733. The molecule has 0 bridgehead atoms. The van der Waals surface area contributed by atoms with E-state index in [4.69, 9.17) is 4.74 Å². The van der Waals surface area contributed by atoms with E-state index in [9.17, 15) is 18.0 Å². The molecule has 1 aliphatic rings. The van der Waals surface area contributed by atoms with Gasteiger partial charge in [0.25, 0.3) is 0 Å². The van der Waals surface area contributed by atoms with Crippen LogP contribution >= 0.6 is 0 Å². The summed E-state index contributed by atoms with van der Waals surface area (Å²) in [5, 5.41) is 0. The SMILES string of the molecule is COCCCN(C)C(=O)C1CCCN(c2ncccc2C(F)(F)F)C1. The van der Waals surface area contributed by atoms with E-state index in [0.717, 1.165) is 12.5 Å². The third-order valence-electron chi connectivity index (χ3n) is 4.38. The smallest absolute Gasteiger partial charge is 0.385 e. The summed E-state index contributed by atoms with van der Waals surface area (Å²) in [6.45, 7) is 1.86. The van der Waals surface area contributed by atoms with Crippen LogP contribution in [-0.4, -0.2) is 56.2 Å². The van der Waals surface area contributed by atoms with Gasteiger partial charge in [-0.25, -0.2) is 4.98 Å². The fraction of sp³-hybridized carbons (Fsp3) is 0.647. The molecule has 2 heterocycles. The van der Waals surface area contributed by atoms with Crippen LogP contribution in [0, 0.1) is 5.92 Å². The van der Waals surface area contributed by atoms with Crippen LogP contribution in [0.4, 0.5) is 19.0 Å². The summed E-state index contributed by atoms with van der Waals surface area (Å²) < 4.78 is 44.6. The summed E-state index contributed by atoms with van der Waals surface area (Å²) in [7, 11) is 3.32. The van der Waals surface area contributed by atoms with E-state index in [1.165, 1.54) is 12.3 Å². The van der Waals surface area contributed by atoms with Crippen molar-refractivity contribution in [2.45, 2.75) is 25.4 Å². The Balaban J connectivity index is 2.08.